The number of anilines is 1. The Labute approximate surface area is 215 Å². The minimum Gasteiger partial charge on any atom is -0.346 e. The first-order valence-corrected chi connectivity index (χ1v) is 14.9. The maximum absolute atomic E-state index is 12.7. The molecule has 1 atom stereocenters. The van der Waals surface area contributed by atoms with Gasteiger partial charge in [0.05, 0.1) is 29.4 Å². The fourth-order valence-corrected chi connectivity index (χ4v) is 5.39. The third-order valence-electron chi connectivity index (χ3n) is 5.23. The first-order valence-electron chi connectivity index (χ1n) is 10.4. The van der Waals surface area contributed by atoms with Crippen LogP contribution in [0.4, 0.5) is 5.69 Å². The number of nitrogens with zero attached hydrogens (tertiary/aromatic N) is 1. The van der Waals surface area contributed by atoms with E-state index >= 15 is 0 Å². The third-order valence-corrected chi connectivity index (χ3v) is 7.94. The van der Waals surface area contributed by atoms with E-state index in [1.807, 2.05) is 0 Å². The van der Waals surface area contributed by atoms with E-state index < -0.39 is 19.9 Å². The van der Waals surface area contributed by atoms with E-state index in [2.05, 4.69) is 5.32 Å². The monoisotopic (exact) mass is 554 g/mol. The van der Waals surface area contributed by atoms with Gasteiger partial charge in [-0.05, 0) is 60.5 Å². The highest BCUT2D eigenvalue weighted by Crippen LogP contribution is 2.28. The summed E-state index contributed by atoms with van der Waals surface area (Å²) in [6, 6.07) is 17.1. The van der Waals surface area contributed by atoms with Crippen molar-refractivity contribution in [2.24, 2.45) is 0 Å². The van der Waals surface area contributed by atoms with Gasteiger partial charge in [-0.25, -0.2) is 16.8 Å². The minimum absolute atomic E-state index is 0.0283. The fourth-order valence-electron chi connectivity index (χ4n) is 3.38. The lowest BCUT2D eigenvalue weighted by atomic mass is 10.1. The predicted molar refractivity (Wildman–Crippen MR) is 139 cm³/mol. The SMILES string of the molecule is CC(NC(=O)c1ccc(CN(c2cc(Cl)cc(Cl)c2)S(C)(=O)=O)cc1)c1ccc(S(C)(=O)=O)cc1. The van der Waals surface area contributed by atoms with Crippen molar-refractivity contribution in [1.82, 2.24) is 5.32 Å². The van der Waals surface area contributed by atoms with E-state index in [0.717, 1.165) is 18.1 Å². The van der Waals surface area contributed by atoms with Crippen molar-refractivity contribution >= 4 is 54.7 Å². The van der Waals surface area contributed by atoms with Gasteiger partial charge in [0.2, 0.25) is 10.0 Å². The Hall–Kier alpha value is -2.59. The summed E-state index contributed by atoms with van der Waals surface area (Å²) in [5.74, 6) is -0.321. The Morgan fingerprint density at radius 2 is 1.43 bits per heavy atom. The van der Waals surface area contributed by atoms with Crippen LogP contribution in [0.1, 0.15) is 34.5 Å². The second-order valence-electron chi connectivity index (χ2n) is 8.13. The highest BCUT2D eigenvalue weighted by atomic mass is 35.5. The Bertz CT molecular complexity index is 1420. The van der Waals surface area contributed by atoms with Crippen molar-refractivity contribution in [2.45, 2.75) is 24.4 Å². The molecule has 0 fully saturated rings. The Kier molecular flexibility index (Phi) is 8.16. The van der Waals surface area contributed by atoms with E-state index in [4.69, 9.17) is 23.2 Å². The molecule has 0 aliphatic rings. The van der Waals surface area contributed by atoms with Crippen LogP contribution in [0.15, 0.2) is 71.6 Å². The maximum atomic E-state index is 12.7. The largest absolute Gasteiger partial charge is 0.346 e. The zero-order chi connectivity index (χ0) is 26.0. The first-order chi connectivity index (χ1) is 16.2. The molecule has 0 radical (unpaired) electrons. The average molecular weight is 556 g/mol. The molecular weight excluding hydrogens is 531 g/mol. The summed E-state index contributed by atoms with van der Waals surface area (Å²) in [6.45, 7) is 1.82. The summed E-state index contributed by atoms with van der Waals surface area (Å²) in [5, 5.41) is 3.50. The van der Waals surface area contributed by atoms with E-state index in [1.54, 1.807) is 43.3 Å². The molecule has 0 aromatic heterocycles. The number of amides is 1. The topological polar surface area (TPSA) is 101 Å². The molecule has 0 aliphatic carbocycles. The van der Waals surface area contributed by atoms with Crippen LogP contribution in [0.25, 0.3) is 0 Å². The third kappa shape index (κ3) is 7.20. The zero-order valence-corrected chi connectivity index (χ0v) is 22.3. The quantitative estimate of drug-likeness (QED) is 0.428. The molecule has 1 N–H and O–H groups in total. The standard InChI is InChI=1S/C24H24Cl2N2O5S2/c1-16(18-8-10-23(11-9-18)34(2,30)31)27-24(29)19-6-4-17(5-7-19)15-28(35(3,32)33)22-13-20(25)12-21(26)14-22/h4-14,16H,15H2,1-3H3,(H,27,29). The van der Waals surface area contributed by atoms with Crippen LogP contribution in [-0.2, 0) is 26.4 Å². The molecule has 35 heavy (non-hydrogen) atoms. The number of rotatable bonds is 8. The highest BCUT2D eigenvalue weighted by molar-refractivity contribution is 7.92. The van der Waals surface area contributed by atoms with Gasteiger partial charge in [0, 0.05) is 21.9 Å². The smallest absolute Gasteiger partial charge is 0.251 e. The molecule has 1 amide bonds. The van der Waals surface area contributed by atoms with E-state index in [0.29, 0.717) is 26.9 Å². The molecule has 11 heteroatoms. The second kappa shape index (κ2) is 10.6. The lowest BCUT2D eigenvalue weighted by Gasteiger charge is -2.23. The van der Waals surface area contributed by atoms with Crippen molar-refractivity contribution in [2.75, 3.05) is 16.8 Å². The second-order valence-corrected chi connectivity index (χ2v) is 12.9. The van der Waals surface area contributed by atoms with Crippen LogP contribution in [0.2, 0.25) is 10.0 Å². The summed E-state index contributed by atoms with van der Waals surface area (Å²) in [5.41, 5.74) is 2.14. The van der Waals surface area contributed by atoms with Crippen molar-refractivity contribution in [1.29, 1.82) is 0 Å². The lowest BCUT2D eigenvalue weighted by molar-refractivity contribution is 0.0940. The molecule has 0 saturated heterocycles. The zero-order valence-electron chi connectivity index (χ0n) is 19.2. The molecule has 0 aliphatic heterocycles. The number of halogens is 2. The Balaban J connectivity index is 1.73. The lowest BCUT2D eigenvalue weighted by Crippen LogP contribution is -2.29. The maximum Gasteiger partial charge on any atom is 0.251 e. The van der Waals surface area contributed by atoms with Crippen LogP contribution < -0.4 is 9.62 Å². The van der Waals surface area contributed by atoms with Gasteiger partial charge in [-0.1, -0.05) is 47.5 Å². The Morgan fingerprint density at radius 3 is 1.91 bits per heavy atom. The van der Waals surface area contributed by atoms with Crippen molar-refractivity contribution < 1.29 is 21.6 Å². The summed E-state index contributed by atoms with van der Waals surface area (Å²) < 4.78 is 49.2. The van der Waals surface area contributed by atoms with Crippen LogP contribution in [0.3, 0.4) is 0 Å². The average Bonchev–Trinajstić information content (AvgIpc) is 2.75. The number of carbonyl (C=O) groups is 1. The number of nitrogens with one attached hydrogen (secondary N) is 1. The van der Waals surface area contributed by atoms with Crippen LogP contribution in [0, 0.1) is 0 Å². The molecule has 186 valence electrons. The molecule has 0 bridgehead atoms. The molecule has 3 rings (SSSR count). The van der Waals surface area contributed by atoms with E-state index in [-0.39, 0.29) is 23.4 Å². The molecule has 3 aromatic rings. The van der Waals surface area contributed by atoms with Crippen molar-refractivity contribution in [3.05, 3.63) is 93.5 Å². The molecule has 0 saturated carbocycles. The molecule has 0 spiro atoms. The van der Waals surface area contributed by atoms with Gasteiger partial charge in [-0.2, -0.15) is 0 Å². The van der Waals surface area contributed by atoms with Crippen LogP contribution in [-0.4, -0.2) is 35.3 Å². The van der Waals surface area contributed by atoms with E-state index in [9.17, 15) is 21.6 Å². The van der Waals surface area contributed by atoms with Gasteiger partial charge >= 0.3 is 0 Å². The van der Waals surface area contributed by atoms with Gasteiger partial charge in [-0.15, -0.1) is 0 Å². The first kappa shape index (κ1) is 27.0. The summed E-state index contributed by atoms with van der Waals surface area (Å²) in [7, 11) is -6.93. The number of hydrogen-bond acceptors (Lipinski definition) is 5. The Morgan fingerprint density at radius 1 is 0.886 bits per heavy atom. The van der Waals surface area contributed by atoms with Crippen molar-refractivity contribution in [3.63, 3.8) is 0 Å². The number of hydrogen-bond donors (Lipinski definition) is 1. The normalized spacial score (nSPS) is 12.7. The molecule has 1 unspecified atom stereocenters. The number of carbonyl (C=O) groups excluding carboxylic acids is 1. The number of sulfone groups is 1. The number of sulfonamides is 1. The van der Waals surface area contributed by atoms with Gasteiger partial charge in [0.25, 0.3) is 5.91 Å². The summed E-state index contributed by atoms with van der Waals surface area (Å²) in [6.07, 6.45) is 2.23. The van der Waals surface area contributed by atoms with Gasteiger partial charge in [0.1, 0.15) is 0 Å². The van der Waals surface area contributed by atoms with Gasteiger partial charge in [-0.3, -0.25) is 9.10 Å². The van der Waals surface area contributed by atoms with Crippen LogP contribution >= 0.6 is 23.2 Å². The van der Waals surface area contributed by atoms with Gasteiger partial charge in [0.15, 0.2) is 9.84 Å². The minimum atomic E-state index is -3.64. The molecule has 0 heterocycles. The summed E-state index contributed by atoms with van der Waals surface area (Å²) in [4.78, 5) is 12.9. The van der Waals surface area contributed by atoms with Crippen molar-refractivity contribution in [3.8, 4) is 0 Å². The predicted octanol–water partition coefficient (Wildman–Crippen LogP) is 4.85. The van der Waals surface area contributed by atoms with Crippen LogP contribution in [0.5, 0.6) is 0 Å². The van der Waals surface area contributed by atoms with Gasteiger partial charge < -0.3 is 5.32 Å². The molecule has 3 aromatic carbocycles. The fraction of sp³-hybridized carbons (Fsp3) is 0.208. The summed E-state index contributed by atoms with van der Waals surface area (Å²) >= 11 is 12.1. The molecular formula is C24H24Cl2N2O5S2. The number of benzene rings is 3. The van der Waals surface area contributed by atoms with E-state index in [1.165, 1.54) is 34.6 Å². The highest BCUT2D eigenvalue weighted by Gasteiger charge is 2.20. The molecule has 7 nitrogen and oxygen atoms in total.